The lowest BCUT2D eigenvalue weighted by molar-refractivity contribution is -0.131. The largest absolute Gasteiger partial charge is 0.347 e. The highest BCUT2D eigenvalue weighted by Gasteiger charge is 2.12. The second-order valence-corrected chi connectivity index (χ2v) is 6.48. The van der Waals surface area contributed by atoms with E-state index in [2.05, 4.69) is 10.3 Å². The number of nitrogens with one attached hydrogen (secondary N) is 1. The maximum Gasteiger partial charge on any atom is 0.241 e. The Kier molecular flexibility index (Phi) is 6.15. The van der Waals surface area contributed by atoms with E-state index in [0.29, 0.717) is 13.0 Å². The second-order valence-electron chi connectivity index (χ2n) is 6.48. The van der Waals surface area contributed by atoms with E-state index in [0.717, 1.165) is 22.0 Å². The molecule has 0 spiro atoms. The minimum Gasteiger partial charge on any atom is -0.347 e. The molecule has 5 nitrogen and oxygen atoms in total. The van der Waals surface area contributed by atoms with Gasteiger partial charge in [0.1, 0.15) is 0 Å². The third-order valence-electron chi connectivity index (χ3n) is 4.52. The maximum atomic E-state index is 12.3. The highest BCUT2D eigenvalue weighted by Crippen LogP contribution is 2.18. The van der Waals surface area contributed by atoms with Crippen molar-refractivity contribution in [2.75, 3.05) is 20.1 Å². The van der Waals surface area contributed by atoms with E-state index in [1.807, 2.05) is 60.7 Å². The molecule has 1 heterocycles. The van der Waals surface area contributed by atoms with Crippen LogP contribution in [0.15, 0.2) is 66.9 Å². The van der Waals surface area contributed by atoms with Gasteiger partial charge in [-0.05, 0) is 28.5 Å². The van der Waals surface area contributed by atoms with Crippen LogP contribution in [-0.2, 0) is 22.4 Å². The number of nitrogens with zero attached hydrogens (tertiary/aromatic N) is 2. The Morgan fingerprint density at radius 2 is 1.78 bits per heavy atom. The lowest BCUT2D eigenvalue weighted by Gasteiger charge is -2.17. The van der Waals surface area contributed by atoms with Crippen molar-refractivity contribution in [1.29, 1.82) is 0 Å². The molecule has 3 rings (SSSR count). The fourth-order valence-corrected chi connectivity index (χ4v) is 2.94. The molecular weight excluding hydrogens is 338 g/mol. The molecule has 0 aliphatic carbocycles. The Labute approximate surface area is 159 Å². The first kappa shape index (κ1) is 18.6. The molecule has 3 aromatic rings. The first-order valence-corrected chi connectivity index (χ1v) is 9.00. The van der Waals surface area contributed by atoms with Crippen LogP contribution >= 0.6 is 0 Å². The summed E-state index contributed by atoms with van der Waals surface area (Å²) >= 11 is 0. The zero-order chi connectivity index (χ0) is 19.1. The molecule has 0 radical (unpaired) electrons. The first-order valence-electron chi connectivity index (χ1n) is 9.00. The Morgan fingerprint density at radius 1 is 1.00 bits per heavy atom. The van der Waals surface area contributed by atoms with Gasteiger partial charge in [0.15, 0.2) is 0 Å². The minimum atomic E-state index is -0.155. The molecule has 0 saturated heterocycles. The molecule has 0 aliphatic heterocycles. The number of hydrogen-bond donors (Lipinski definition) is 1. The highest BCUT2D eigenvalue weighted by atomic mass is 16.2. The van der Waals surface area contributed by atoms with Crippen molar-refractivity contribution in [3.05, 3.63) is 78.1 Å². The summed E-state index contributed by atoms with van der Waals surface area (Å²) in [5, 5.41) is 4.90. The molecule has 27 heavy (non-hydrogen) atoms. The molecule has 0 atom stereocenters. The van der Waals surface area contributed by atoms with E-state index in [1.54, 1.807) is 18.1 Å². The molecule has 0 aliphatic rings. The van der Waals surface area contributed by atoms with Gasteiger partial charge >= 0.3 is 0 Å². The number of hydrogen-bond acceptors (Lipinski definition) is 3. The number of carbonyl (C=O) groups is 2. The van der Waals surface area contributed by atoms with Gasteiger partial charge < -0.3 is 10.2 Å². The molecule has 2 amide bonds. The maximum absolute atomic E-state index is 12.3. The SMILES string of the molecule is CN(CCc1ccccn1)C(=O)CNC(=O)Cc1cccc2ccccc12. The molecule has 2 aromatic carbocycles. The number of benzene rings is 2. The number of pyridine rings is 1. The lowest BCUT2D eigenvalue weighted by atomic mass is 10.0. The summed E-state index contributed by atoms with van der Waals surface area (Å²) in [6, 6.07) is 19.6. The van der Waals surface area contributed by atoms with Crippen LogP contribution in [0.1, 0.15) is 11.3 Å². The predicted octanol–water partition coefficient (Wildman–Crippen LogP) is 2.59. The highest BCUT2D eigenvalue weighted by molar-refractivity contribution is 5.91. The fraction of sp³-hybridized carbons (Fsp3) is 0.227. The summed E-state index contributed by atoms with van der Waals surface area (Å²) in [6.45, 7) is 0.567. The molecule has 5 heteroatoms. The molecule has 0 bridgehead atoms. The van der Waals surface area contributed by atoms with E-state index in [9.17, 15) is 9.59 Å². The van der Waals surface area contributed by atoms with E-state index < -0.39 is 0 Å². The number of likely N-dealkylation sites (N-methyl/N-ethyl adjacent to an activating group) is 1. The van der Waals surface area contributed by atoms with Crippen LogP contribution in [0.25, 0.3) is 10.8 Å². The van der Waals surface area contributed by atoms with Crippen LogP contribution in [0.2, 0.25) is 0 Å². The van der Waals surface area contributed by atoms with Crippen molar-refractivity contribution in [2.45, 2.75) is 12.8 Å². The number of fused-ring (bicyclic) bond motifs is 1. The molecule has 0 unspecified atom stereocenters. The summed E-state index contributed by atoms with van der Waals surface area (Å²) in [6.07, 6.45) is 2.68. The van der Waals surface area contributed by atoms with Gasteiger partial charge in [-0.1, -0.05) is 48.5 Å². The van der Waals surface area contributed by atoms with Gasteiger partial charge in [0, 0.05) is 31.9 Å². The first-order chi connectivity index (χ1) is 13.1. The smallest absolute Gasteiger partial charge is 0.241 e. The van der Waals surface area contributed by atoms with Gasteiger partial charge in [-0.3, -0.25) is 14.6 Å². The van der Waals surface area contributed by atoms with Gasteiger partial charge in [-0.2, -0.15) is 0 Å². The van der Waals surface area contributed by atoms with Gasteiger partial charge in [0.05, 0.1) is 13.0 Å². The summed E-state index contributed by atoms with van der Waals surface area (Å²) in [4.78, 5) is 30.4. The Morgan fingerprint density at radius 3 is 2.59 bits per heavy atom. The molecule has 0 fully saturated rings. The van der Waals surface area contributed by atoms with Gasteiger partial charge in [0.25, 0.3) is 0 Å². The lowest BCUT2D eigenvalue weighted by Crippen LogP contribution is -2.39. The minimum absolute atomic E-state index is 0.00230. The van der Waals surface area contributed by atoms with Crippen molar-refractivity contribution in [3.8, 4) is 0 Å². The van der Waals surface area contributed by atoms with Gasteiger partial charge in [0.2, 0.25) is 11.8 Å². The normalized spacial score (nSPS) is 10.6. The average molecular weight is 361 g/mol. The summed E-state index contributed by atoms with van der Waals surface area (Å²) in [5.41, 5.74) is 1.90. The summed E-state index contributed by atoms with van der Waals surface area (Å²) in [5.74, 6) is -0.268. The Hall–Kier alpha value is -3.21. The Balaban J connectivity index is 1.48. The zero-order valence-electron chi connectivity index (χ0n) is 15.4. The van der Waals surface area contributed by atoms with Gasteiger partial charge in [-0.25, -0.2) is 0 Å². The standard InChI is InChI=1S/C22H23N3O2/c1-25(14-12-19-10-4-5-13-23-19)22(27)16-24-21(26)15-18-9-6-8-17-7-2-3-11-20(17)18/h2-11,13H,12,14-16H2,1H3,(H,24,26). The van der Waals surface area contributed by atoms with Crippen LogP contribution in [0.3, 0.4) is 0 Å². The quantitative estimate of drug-likeness (QED) is 0.704. The van der Waals surface area contributed by atoms with Crippen molar-refractivity contribution in [2.24, 2.45) is 0 Å². The van der Waals surface area contributed by atoms with E-state index in [-0.39, 0.29) is 24.8 Å². The van der Waals surface area contributed by atoms with Crippen molar-refractivity contribution in [1.82, 2.24) is 15.2 Å². The van der Waals surface area contributed by atoms with Crippen molar-refractivity contribution >= 4 is 22.6 Å². The zero-order valence-corrected chi connectivity index (χ0v) is 15.4. The van der Waals surface area contributed by atoms with E-state index in [4.69, 9.17) is 0 Å². The fourth-order valence-electron chi connectivity index (χ4n) is 2.94. The van der Waals surface area contributed by atoms with Crippen LogP contribution < -0.4 is 5.32 Å². The third kappa shape index (κ3) is 5.14. The Bertz CT molecular complexity index is 920. The second kappa shape index (κ2) is 8.94. The van der Waals surface area contributed by atoms with E-state index >= 15 is 0 Å². The molecule has 0 saturated carbocycles. The molecule has 138 valence electrons. The summed E-state index contributed by atoms with van der Waals surface area (Å²) in [7, 11) is 1.74. The van der Waals surface area contributed by atoms with Crippen LogP contribution in [0.5, 0.6) is 0 Å². The van der Waals surface area contributed by atoms with E-state index in [1.165, 1.54) is 0 Å². The number of amides is 2. The number of carbonyl (C=O) groups excluding carboxylic acids is 2. The monoisotopic (exact) mass is 361 g/mol. The number of rotatable bonds is 7. The van der Waals surface area contributed by atoms with Crippen LogP contribution in [-0.4, -0.2) is 41.8 Å². The molecule has 1 N–H and O–H groups in total. The average Bonchev–Trinajstić information content (AvgIpc) is 2.71. The van der Waals surface area contributed by atoms with Crippen LogP contribution in [0, 0.1) is 0 Å². The van der Waals surface area contributed by atoms with Crippen LogP contribution in [0.4, 0.5) is 0 Å². The number of aromatic nitrogens is 1. The van der Waals surface area contributed by atoms with Crippen molar-refractivity contribution in [3.63, 3.8) is 0 Å². The molecular formula is C22H23N3O2. The topological polar surface area (TPSA) is 62.3 Å². The van der Waals surface area contributed by atoms with Crippen molar-refractivity contribution < 1.29 is 9.59 Å². The predicted molar refractivity (Wildman–Crippen MR) is 106 cm³/mol. The molecule has 1 aromatic heterocycles. The van der Waals surface area contributed by atoms with Gasteiger partial charge in [-0.15, -0.1) is 0 Å². The summed E-state index contributed by atoms with van der Waals surface area (Å²) < 4.78 is 0. The third-order valence-corrected chi connectivity index (χ3v) is 4.52.